The molecule has 1 saturated heterocycles. The van der Waals surface area contributed by atoms with Crippen LogP contribution in [-0.4, -0.2) is 22.9 Å². The number of carboxylic acids is 1. The molecule has 5 nitrogen and oxygen atoms in total. The molecule has 0 aromatic heterocycles. The second kappa shape index (κ2) is 4.89. The molecule has 1 aromatic rings. The molecule has 2 amide bonds. The quantitative estimate of drug-likeness (QED) is 0.850. The van der Waals surface area contributed by atoms with Crippen LogP contribution in [0.1, 0.15) is 29.6 Å². The van der Waals surface area contributed by atoms with E-state index in [0.717, 1.165) is 4.90 Å². The summed E-state index contributed by atoms with van der Waals surface area (Å²) in [4.78, 5) is 35.8. The summed E-state index contributed by atoms with van der Waals surface area (Å²) in [6.07, 6.45) is 1.03. The van der Waals surface area contributed by atoms with Crippen molar-refractivity contribution < 1.29 is 19.5 Å². The number of rotatable bonds is 2. The highest BCUT2D eigenvalue weighted by molar-refractivity contribution is 9.10. The molecule has 1 fully saturated rings. The molecule has 94 valence electrons. The van der Waals surface area contributed by atoms with Gasteiger partial charge in [0.05, 0.1) is 11.3 Å². The first kappa shape index (κ1) is 12.8. The number of amides is 2. The minimum absolute atomic E-state index is 0.0621. The van der Waals surface area contributed by atoms with Gasteiger partial charge >= 0.3 is 5.97 Å². The Hall–Kier alpha value is -1.69. The Morgan fingerprint density at radius 1 is 1.22 bits per heavy atom. The van der Waals surface area contributed by atoms with Crippen molar-refractivity contribution in [1.29, 1.82) is 0 Å². The van der Waals surface area contributed by atoms with Gasteiger partial charge in [0.15, 0.2) is 0 Å². The minimum atomic E-state index is -1.17. The number of nitrogens with zero attached hydrogens (tertiary/aromatic N) is 1. The molecular weight excluding hydrogens is 302 g/mol. The van der Waals surface area contributed by atoms with E-state index in [1.807, 2.05) is 0 Å². The molecule has 0 atom stereocenters. The van der Waals surface area contributed by atoms with Gasteiger partial charge in [-0.3, -0.25) is 9.59 Å². The number of aromatic carboxylic acids is 1. The molecule has 1 aliphatic rings. The Labute approximate surface area is 112 Å². The summed E-state index contributed by atoms with van der Waals surface area (Å²) in [5.74, 6) is -1.89. The largest absolute Gasteiger partial charge is 0.478 e. The topological polar surface area (TPSA) is 74.7 Å². The van der Waals surface area contributed by atoms with Gasteiger partial charge in [-0.2, -0.15) is 0 Å². The van der Waals surface area contributed by atoms with E-state index in [0.29, 0.717) is 10.9 Å². The van der Waals surface area contributed by atoms with Gasteiger partial charge in [-0.25, -0.2) is 9.69 Å². The van der Waals surface area contributed by atoms with Gasteiger partial charge in [-0.05, 0) is 34.5 Å². The lowest BCUT2D eigenvalue weighted by Gasteiger charge is -2.26. The smallest absolute Gasteiger partial charge is 0.337 e. The predicted octanol–water partition coefficient (Wildman–Crippen LogP) is 2.19. The summed E-state index contributed by atoms with van der Waals surface area (Å²) < 4.78 is 0.422. The first-order valence-electron chi connectivity index (χ1n) is 5.40. The van der Waals surface area contributed by atoms with Gasteiger partial charge in [0.25, 0.3) is 0 Å². The van der Waals surface area contributed by atoms with Crippen molar-refractivity contribution in [1.82, 2.24) is 0 Å². The van der Waals surface area contributed by atoms with Crippen LogP contribution in [0.3, 0.4) is 0 Å². The molecular formula is C12H10BrNO4. The van der Waals surface area contributed by atoms with Gasteiger partial charge in [0.2, 0.25) is 11.8 Å². The van der Waals surface area contributed by atoms with Crippen molar-refractivity contribution in [2.75, 3.05) is 4.90 Å². The van der Waals surface area contributed by atoms with Crippen LogP contribution >= 0.6 is 15.9 Å². The fraction of sp³-hybridized carbons (Fsp3) is 0.250. The summed E-state index contributed by atoms with van der Waals surface area (Å²) in [5, 5.41) is 9.12. The van der Waals surface area contributed by atoms with Gasteiger partial charge < -0.3 is 5.11 Å². The maximum Gasteiger partial charge on any atom is 0.337 e. The molecule has 1 aliphatic heterocycles. The number of carbonyl (C=O) groups is 3. The summed E-state index contributed by atoms with van der Waals surface area (Å²) in [7, 11) is 0. The lowest BCUT2D eigenvalue weighted by Crippen LogP contribution is -2.41. The van der Waals surface area contributed by atoms with Crippen molar-refractivity contribution in [2.45, 2.75) is 19.3 Å². The summed E-state index contributed by atoms with van der Waals surface area (Å²) in [6.45, 7) is 0. The normalized spacial score (nSPS) is 15.9. The van der Waals surface area contributed by atoms with E-state index >= 15 is 0 Å². The Balaban J connectivity index is 2.58. The van der Waals surface area contributed by atoms with Crippen LogP contribution in [0.15, 0.2) is 22.7 Å². The third-order valence-corrected chi connectivity index (χ3v) is 3.36. The van der Waals surface area contributed by atoms with E-state index in [-0.39, 0.29) is 35.9 Å². The number of para-hydroxylation sites is 1. The fourth-order valence-corrected chi connectivity index (χ4v) is 2.46. The number of carboxylic acid groups (broad SMARTS) is 1. The number of piperidine rings is 1. The highest BCUT2D eigenvalue weighted by atomic mass is 79.9. The van der Waals surface area contributed by atoms with E-state index in [9.17, 15) is 14.4 Å². The summed E-state index contributed by atoms with van der Waals surface area (Å²) in [5.41, 5.74) is 0.0627. The molecule has 2 rings (SSSR count). The Morgan fingerprint density at radius 3 is 2.39 bits per heavy atom. The summed E-state index contributed by atoms with van der Waals surface area (Å²) in [6, 6.07) is 4.53. The molecule has 1 N–H and O–H groups in total. The van der Waals surface area contributed by atoms with Crippen molar-refractivity contribution >= 4 is 39.4 Å². The third kappa shape index (κ3) is 2.15. The van der Waals surface area contributed by atoms with Crippen LogP contribution in [0, 0.1) is 0 Å². The standard InChI is InChI=1S/C12H10BrNO4/c13-8-4-1-3-7(12(17)18)11(8)14-9(15)5-2-6-10(14)16/h1,3-4H,2,5-6H2,(H,17,18). The average Bonchev–Trinajstić information content (AvgIpc) is 2.30. The zero-order valence-corrected chi connectivity index (χ0v) is 10.9. The van der Waals surface area contributed by atoms with Gasteiger partial charge in [0, 0.05) is 17.3 Å². The van der Waals surface area contributed by atoms with Crippen LogP contribution in [0.5, 0.6) is 0 Å². The molecule has 0 saturated carbocycles. The number of imide groups is 1. The van der Waals surface area contributed by atoms with Crippen LogP contribution in [0.4, 0.5) is 5.69 Å². The van der Waals surface area contributed by atoms with Crippen molar-refractivity contribution in [2.24, 2.45) is 0 Å². The van der Waals surface area contributed by atoms with Crippen LogP contribution in [0.25, 0.3) is 0 Å². The second-order valence-electron chi connectivity index (χ2n) is 3.92. The minimum Gasteiger partial charge on any atom is -0.478 e. The SMILES string of the molecule is O=C(O)c1cccc(Br)c1N1C(=O)CCCC1=O. The number of anilines is 1. The number of halogens is 1. The lowest BCUT2D eigenvalue weighted by atomic mass is 10.1. The van der Waals surface area contributed by atoms with Gasteiger partial charge in [-0.1, -0.05) is 6.07 Å². The number of benzene rings is 1. The fourth-order valence-electron chi connectivity index (χ4n) is 1.92. The van der Waals surface area contributed by atoms with Crippen molar-refractivity contribution in [3.05, 3.63) is 28.2 Å². The molecule has 18 heavy (non-hydrogen) atoms. The highest BCUT2D eigenvalue weighted by Crippen LogP contribution is 2.33. The maximum absolute atomic E-state index is 11.8. The second-order valence-corrected chi connectivity index (χ2v) is 4.77. The molecule has 0 aliphatic carbocycles. The number of carbonyl (C=O) groups excluding carboxylic acids is 2. The van der Waals surface area contributed by atoms with Crippen LogP contribution in [-0.2, 0) is 9.59 Å². The average molecular weight is 312 g/mol. The molecule has 1 aromatic carbocycles. The van der Waals surface area contributed by atoms with Gasteiger partial charge in [0.1, 0.15) is 0 Å². The van der Waals surface area contributed by atoms with E-state index in [1.54, 1.807) is 12.1 Å². The van der Waals surface area contributed by atoms with Crippen LogP contribution < -0.4 is 4.90 Å². The molecule has 1 heterocycles. The molecule has 0 radical (unpaired) electrons. The highest BCUT2D eigenvalue weighted by Gasteiger charge is 2.31. The zero-order chi connectivity index (χ0) is 13.3. The number of hydrogen-bond acceptors (Lipinski definition) is 3. The van der Waals surface area contributed by atoms with Crippen molar-refractivity contribution in [3.8, 4) is 0 Å². The lowest BCUT2D eigenvalue weighted by molar-refractivity contribution is -0.129. The van der Waals surface area contributed by atoms with E-state index in [1.165, 1.54) is 6.07 Å². The van der Waals surface area contributed by atoms with Crippen molar-refractivity contribution in [3.63, 3.8) is 0 Å². The third-order valence-electron chi connectivity index (χ3n) is 2.72. The molecule has 6 heteroatoms. The monoisotopic (exact) mass is 311 g/mol. The predicted molar refractivity (Wildman–Crippen MR) is 67.4 cm³/mol. The first-order chi connectivity index (χ1) is 8.52. The number of hydrogen-bond donors (Lipinski definition) is 1. The van der Waals surface area contributed by atoms with E-state index in [2.05, 4.69) is 15.9 Å². The summed E-state index contributed by atoms with van der Waals surface area (Å²) >= 11 is 3.20. The van der Waals surface area contributed by atoms with E-state index < -0.39 is 5.97 Å². The zero-order valence-electron chi connectivity index (χ0n) is 9.35. The molecule has 0 bridgehead atoms. The van der Waals surface area contributed by atoms with Gasteiger partial charge in [-0.15, -0.1) is 0 Å². The Kier molecular flexibility index (Phi) is 3.47. The maximum atomic E-state index is 11.8. The molecule has 0 spiro atoms. The van der Waals surface area contributed by atoms with E-state index in [4.69, 9.17) is 5.11 Å². The Morgan fingerprint density at radius 2 is 1.83 bits per heavy atom. The Bertz CT molecular complexity index is 525. The van der Waals surface area contributed by atoms with Crippen LogP contribution in [0.2, 0.25) is 0 Å². The molecule has 0 unspecified atom stereocenters. The first-order valence-corrected chi connectivity index (χ1v) is 6.19.